The number of carbonyl (C=O) groups excluding carboxylic acids is 1. The van der Waals surface area contributed by atoms with Gasteiger partial charge in [-0.2, -0.15) is 0 Å². The van der Waals surface area contributed by atoms with Gasteiger partial charge >= 0.3 is 0 Å². The fraction of sp³-hybridized carbons (Fsp3) is 0.526. The van der Waals surface area contributed by atoms with E-state index in [-0.39, 0.29) is 0 Å². The number of carbonyl (C=O) groups is 1. The molecule has 0 atom stereocenters. The Bertz CT molecular complexity index is 505. The largest absolute Gasteiger partial charge is 0.454 e. The third-order valence-electron chi connectivity index (χ3n) is 3.86. The molecule has 0 bridgehead atoms. The van der Waals surface area contributed by atoms with E-state index >= 15 is 0 Å². The Labute approximate surface area is 133 Å². The van der Waals surface area contributed by atoms with E-state index in [2.05, 4.69) is 18.2 Å². The number of ketones is 1. The highest BCUT2D eigenvalue weighted by Crippen LogP contribution is 2.32. The van der Waals surface area contributed by atoms with Crippen molar-refractivity contribution in [1.29, 1.82) is 0 Å². The monoisotopic (exact) mass is 302 g/mol. The van der Waals surface area contributed by atoms with E-state index in [1.165, 1.54) is 32.1 Å². The quantitative estimate of drug-likeness (QED) is 0.561. The lowest BCUT2D eigenvalue weighted by atomic mass is 10.1. The highest BCUT2D eigenvalue weighted by Gasteiger charge is 2.11. The number of ether oxygens (including phenoxy) is 2. The first-order valence-corrected chi connectivity index (χ1v) is 8.31. The van der Waals surface area contributed by atoms with Crippen LogP contribution in [0.5, 0.6) is 11.5 Å². The molecule has 0 fully saturated rings. The number of hydrogen-bond donors (Lipinski definition) is 0. The van der Waals surface area contributed by atoms with E-state index in [0.29, 0.717) is 12.6 Å². The number of benzene rings is 1. The number of hydrogen-bond acceptors (Lipinski definition) is 3. The minimum absolute atomic E-state index is 0.314. The van der Waals surface area contributed by atoms with Crippen molar-refractivity contribution in [3.63, 3.8) is 0 Å². The Kier molecular flexibility index (Phi) is 7.01. The van der Waals surface area contributed by atoms with Crippen molar-refractivity contribution in [2.24, 2.45) is 0 Å². The van der Waals surface area contributed by atoms with E-state index in [0.717, 1.165) is 36.3 Å². The minimum atomic E-state index is 0.314. The van der Waals surface area contributed by atoms with E-state index < -0.39 is 0 Å². The SMILES string of the molecule is CC(=O)CCCCCCCC/C=C/c1ccc2c(c1)OCO2. The number of rotatable bonds is 10. The molecule has 1 aliphatic rings. The van der Waals surface area contributed by atoms with Gasteiger partial charge in [-0.15, -0.1) is 0 Å². The van der Waals surface area contributed by atoms with Gasteiger partial charge in [-0.3, -0.25) is 0 Å². The molecule has 0 N–H and O–H groups in total. The van der Waals surface area contributed by atoms with Crippen LogP contribution in [0.2, 0.25) is 0 Å². The molecular formula is C19H26O3. The molecule has 0 radical (unpaired) electrons. The van der Waals surface area contributed by atoms with Gasteiger partial charge in [0.15, 0.2) is 11.5 Å². The second kappa shape index (κ2) is 9.29. The normalized spacial score (nSPS) is 13.0. The fourth-order valence-corrected chi connectivity index (χ4v) is 2.58. The van der Waals surface area contributed by atoms with Crippen LogP contribution in [-0.2, 0) is 4.79 Å². The van der Waals surface area contributed by atoms with Gasteiger partial charge in [0, 0.05) is 6.42 Å². The van der Waals surface area contributed by atoms with Crippen LogP contribution < -0.4 is 9.47 Å². The van der Waals surface area contributed by atoms with Crippen molar-refractivity contribution in [3.05, 3.63) is 29.8 Å². The van der Waals surface area contributed by atoms with Gasteiger partial charge < -0.3 is 14.3 Å². The first-order chi connectivity index (χ1) is 10.8. The van der Waals surface area contributed by atoms with Crippen molar-refractivity contribution < 1.29 is 14.3 Å². The lowest BCUT2D eigenvalue weighted by molar-refractivity contribution is -0.117. The lowest BCUT2D eigenvalue weighted by Gasteiger charge is -2.00. The Hall–Kier alpha value is -1.77. The Morgan fingerprint density at radius 1 is 1.05 bits per heavy atom. The van der Waals surface area contributed by atoms with Crippen LogP contribution in [0.25, 0.3) is 6.08 Å². The second-order valence-corrected chi connectivity index (χ2v) is 5.88. The summed E-state index contributed by atoms with van der Waals surface area (Å²) >= 11 is 0. The molecule has 120 valence electrons. The summed E-state index contributed by atoms with van der Waals surface area (Å²) in [7, 11) is 0. The maximum atomic E-state index is 10.8. The van der Waals surface area contributed by atoms with Crippen molar-refractivity contribution in [3.8, 4) is 11.5 Å². The summed E-state index contributed by atoms with van der Waals surface area (Å²) in [5, 5.41) is 0. The van der Waals surface area contributed by atoms with E-state index in [9.17, 15) is 4.79 Å². The summed E-state index contributed by atoms with van der Waals surface area (Å²) in [5.74, 6) is 1.99. The third kappa shape index (κ3) is 5.92. The smallest absolute Gasteiger partial charge is 0.231 e. The standard InChI is InChI=1S/C19H26O3/c1-16(20)10-8-6-4-2-3-5-7-9-11-17-12-13-18-19(14-17)22-15-21-18/h9,11-14H,2-8,10,15H2,1H3/b11-9+. The molecule has 1 heterocycles. The van der Waals surface area contributed by atoms with Crippen molar-refractivity contribution in [2.75, 3.05) is 6.79 Å². The third-order valence-corrected chi connectivity index (χ3v) is 3.86. The summed E-state index contributed by atoms with van der Waals surface area (Å²) in [5.41, 5.74) is 1.16. The molecule has 2 rings (SSSR count). The van der Waals surface area contributed by atoms with Gasteiger partial charge in [-0.25, -0.2) is 0 Å². The molecule has 0 aromatic heterocycles. The summed E-state index contributed by atoms with van der Waals surface area (Å²) < 4.78 is 10.7. The van der Waals surface area contributed by atoms with Gasteiger partial charge in [-0.1, -0.05) is 43.9 Å². The maximum Gasteiger partial charge on any atom is 0.231 e. The zero-order chi connectivity index (χ0) is 15.6. The number of Topliss-reactive ketones (excluding diaryl/α,β-unsaturated/α-hetero) is 1. The first kappa shape index (κ1) is 16.6. The highest BCUT2D eigenvalue weighted by molar-refractivity contribution is 5.75. The van der Waals surface area contributed by atoms with Gasteiger partial charge in [-0.05, 0) is 43.9 Å². The molecule has 1 aromatic rings. The molecule has 3 nitrogen and oxygen atoms in total. The molecular weight excluding hydrogens is 276 g/mol. The summed E-state index contributed by atoms with van der Waals surface area (Å²) in [6, 6.07) is 6.04. The summed E-state index contributed by atoms with van der Waals surface area (Å²) in [6.45, 7) is 2.00. The molecule has 0 saturated heterocycles. The number of unbranched alkanes of at least 4 members (excludes halogenated alkanes) is 6. The van der Waals surface area contributed by atoms with Crippen LogP contribution in [0.1, 0.15) is 63.9 Å². The van der Waals surface area contributed by atoms with Crippen molar-refractivity contribution in [1.82, 2.24) is 0 Å². The van der Waals surface area contributed by atoms with Crippen LogP contribution in [0.15, 0.2) is 24.3 Å². The first-order valence-electron chi connectivity index (χ1n) is 8.31. The average molecular weight is 302 g/mol. The highest BCUT2D eigenvalue weighted by atomic mass is 16.7. The summed E-state index contributed by atoms with van der Waals surface area (Å²) in [4.78, 5) is 10.8. The van der Waals surface area contributed by atoms with E-state index in [1.807, 2.05) is 12.1 Å². The molecule has 1 aliphatic heterocycles. The van der Waals surface area contributed by atoms with Crippen LogP contribution in [0, 0.1) is 0 Å². The maximum absolute atomic E-state index is 10.8. The molecule has 3 heteroatoms. The zero-order valence-electron chi connectivity index (χ0n) is 13.5. The Morgan fingerprint density at radius 3 is 2.59 bits per heavy atom. The van der Waals surface area contributed by atoms with E-state index in [1.54, 1.807) is 6.92 Å². The molecule has 0 amide bonds. The predicted octanol–water partition coefficient (Wildman–Crippen LogP) is 5.14. The Balaban J connectivity index is 1.52. The molecule has 0 saturated carbocycles. The van der Waals surface area contributed by atoms with Gasteiger partial charge in [0.25, 0.3) is 0 Å². The molecule has 0 unspecified atom stereocenters. The zero-order valence-corrected chi connectivity index (χ0v) is 13.5. The molecule has 22 heavy (non-hydrogen) atoms. The molecule has 0 aliphatic carbocycles. The fourth-order valence-electron chi connectivity index (χ4n) is 2.58. The molecule has 1 aromatic carbocycles. The van der Waals surface area contributed by atoms with E-state index in [4.69, 9.17) is 9.47 Å². The minimum Gasteiger partial charge on any atom is -0.454 e. The summed E-state index contributed by atoms with van der Waals surface area (Å²) in [6.07, 6.45) is 13.5. The van der Waals surface area contributed by atoms with Crippen LogP contribution in [0.4, 0.5) is 0 Å². The van der Waals surface area contributed by atoms with Gasteiger partial charge in [0.1, 0.15) is 5.78 Å². The van der Waals surface area contributed by atoms with Gasteiger partial charge in [0.05, 0.1) is 0 Å². The van der Waals surface area contributed by atoms with Crippen molar-refractivity contribution in [2.45, 2.75) is 58.3 Å². The number of fused-ring (bicyclic) bond motifs is 1. The predicted molar refractivity (Wildman–Crippen MR) is 89.2 cm³/mol. The second-order valence-electron chi connectivity index (χ2n) is 5.88. The topological polar surface area (TPSA) is 35.5 Å². The Morgan fingerprint density at radius 2 is 1.77 bits per heavy atom. The van der Waals surface area contributed by atoms with Crippen LogP contribution in [-0.4, -0.2) is 12.6 Å². The lowest BCUT2D eigenvalue weighted by Crippen LogP contribution is -1.92. The number of allylic oxidation sites excluding steroid dienone is 1. The average Bonchev–Trinajstić information content (AvgIpc) is 2.96. The van der Waals surface area contributed by atoms with Crippen LogP contribution in [0.3, 0.4) is 0 Å². The van der Waals surface area contributed by atoms with Crippen LogP contribution >= 0.6 is 0 Å². The van der Waals surface area contributed by atoms with Gasteiger partial charge in [0.2, 0.25) is 6.79 Å². The molecule has 0 spiro atoms. The van der Waals surface area contributed by atoms with Crippen molar-refractivity contribution >= 4 is 11.9 Å².